The third-order valence-corrected chi connectivity index (χ3v) is 3.15. The number of ether oxygens (including phenoxy) is 2. The van der Waals surface area contributed by atoms with Crippen LogP contribution in [0.4, 0.5) is 0 Å². The summed E-state index contributed by atoms with van der Waals surface area (Å²) in [6.07, 6.45) is 0.109. The van der Waals surface area contributed by atoms with Gasteiger partial charge in [0.05, 0.1) is 7.11 Å². The largest absolute Gasteiger partial charge is 0.479 e. The quantitative estimate of drug-likeness (QED) is 0.595. The number of hydrogen-bond acceptors (Lipinski definition) is 3. The highest BCUT2D eigenvalue weighted by molar-refractivity contribution is 9.08. The summed E-state index contributed by atoms with van der Waals surface area (Å²) < 4.78 is 10.4. The van der Waals surface area contributed by atoms with Crippen LogP contribution in [0.25, 0.3) is 0 Å². The summed E-state index contributed by atoms with van der Waals surface area (Å²) in [6.45, 7) is 4.10. The van der Waals surface area contributed by atoms with Crippen LogP contribution in [0.3, 0.4) is 0 Å². The minimum Gasteiger partial charge on any atom is -0.479 e. The fourth-order valence-corrected chi connectivity index (χ4v) is 1.95. The summed E-state index contributed by atoms with van der Waals surface area (Å²) in [5.74, 6) is 0.736. The molecule has 100 valence electrons. The molecule has 0 bridgehead atoms. The molecule has 18 heavy (non-hydrogen) atoms. The number of alkyl halides is 1. The molecule has 0 spiro atoms. The summed E-state index contributed by atoms with van der Waals surface area (Å²) in [5, 5.41) is 0.805. The van der Waals surface area contributed by atoms with E-state index < -0.39 is 6.10 Å². The molecule has 0 saturated carbocycles. The number of rotatable bonds is 6. The lowest BCUT2D eigenvalue weighted by atomic mass is 10.1. The van der Waals surface area contributed by atoms with Crippen LogP contribution in [-0.2, 0) is 14.9 Å². The van der Waals surface area contributed by atoms with Gasteiger partial charge in [-0.2, -0.15) is 0 Å². The monoisotopic (exact) mass is 314 g/mol. The predicted molar refractivity (Wildman–Crippen MR) is 75.0 cm³/mol. The Morgan fingerprint density at radius 3 is 2.33 bits per heavy atom. The number of methoxy groups -OCH3 is 1. The van der Waals surface area contributed by atoms with E-state index in [1.807, 2.05) is 38.1 Å². The summed E-state index contributed by atoms with van der Waals surface area (Å²) in [7, 11) is 1.38. The van der Waals surface area contributed by atoms with E-state index in [0.29, 0.717) is 18.1 Å². The van der Waals surface area contributed by atoms with Crippen LogP contribution in [0.1, 0.15) is 25.8 Å². The van der Waals surface area contributed by atoms with Crippen LogP contribution in [-0.4, -0.2) is 19.2 Å². The molecule has 1 aromatic carbocycles. The summed E-state index contributed by atoms with van der Waals surface area (Å²) in [6, 6.07) is 7.67. The number of halogens is 1. The van der Waals surface area contributed by atoms with Crippen LogP contribution in [0.5, 0.6) is 5.75 Å². The van der Waals surface area contributed by atoms with Crippen molar-refractivity contribution in [2.45, 2.75) is 31.7 Å². The molecule has 1 unspecified atom stereocenters. The molecule has 1 rings (SSSR count). The van der Waals surface area contributed by atoms with Crippen LogP contribution in [0.15, 0.2) is 24.3 Å². The van der Waals surface area contributed by atoms with Gasteiger partial charge in [-0.3, -0.25) is 0 Å². The predicted octanol–water partition coefficient (Wildman–Crippen LogP) is 3.55. The number of esters is 1. The Morgan fingerprint density at radius 2 is 1.89 bits per heavy atom. The molecule has 0 heterocycles. The zero-order valence-corrected chi connectivity index (χ0v) is 12.6. The molecule has 0 fully saturated rings. The van der Waals surface area contributed by atoms with Gasteiger partial charge >= 0.3 is 5.97 Å². The highest BCUT2D eigenvalue weighted by Gasteiger charge is 2.22. The highest BCUT2D eigenvalue weighted by Crippen LogP contribution is 2.18. The third-order valence-electron chi connectivity index (χ3n) is 2.51. The lowest BCUT2D eigenvalue weighted by Gasteiger charge is -2.18. The van der Waals surface area contributed by atoms with Gasteiger partial charge < -0.3 is 9.47 Å². The average molecular weight is 315 g/mol. The van der Waals surface area contributed by atoms with Crippen LogP contribution in [0.2, 0.25) is 0 Å². The topological polar surface area (TPSA) is 35.5 Å². The molecular formula is C14H19BrO3. The minimum atomic E-state index is -0.537. The SMILES string of the molecule is COC(=O)C(CC(C)C)Oc1ccc(CBr)cc1. The van der Waals surface area contributed by atoms with Gasteiger partial charge in [0.1, 0.15) is 5.75 Å². The van der Waals surface area contributed by atoms with Gasteiger partial charge in [-0.05, 0) is 30.0 Å². The Labute approximate surface area is 117 Å². The van der Waals surface area contributed by atoms with E-state index in [1.165, 1.54) is 12.7 Å². The molecule has 4 heteroatoms. The Balaban J connectivity index is 2.72. The van der Waals surface area contributed by atoms with E-state index in [9.17, 15) is 4.79 Å². The molecule has 0 amide bonds. The molecule has 0 aliphatic carbocycles. The van der Waals surface area contributed by atoms with Crippen LogP contribution in [0, 0.1) is 5.92 Å². The van der Waals surface area contributed by atoms with Gasteiger partial charge in [0.2, 0.25) is 0 Å². The lowest BCUT2D eigenvalue weighted by Crippen LogP contribution is -2.30. The normalized spacial score (nSPS) is 12.3. The number of carbonyl (C=O) groups excluding carboxylic acids is 1. The maximum Gasteiger partial charge on any atom is 0.347 e. The molecule has 0 aliphatic rings. The fourth-order valence-electron chi connectivity index (χ4n) is 1.57. The second-order valence-electron chi connectivity index (χ2n) is 4.54. The first kappa shape index (κ1) is 15.0. The summed E-state index contributed by atoms with van der Waals surface area (Å²) in [5.41, 5.74) is 1.17. The van der Waals surface area contributed by atoms with Crippen molar-refractivity contribution in [1.29, 1.82) is 0 Å². The molecular weight excluding hydrogens is 296 g/mol. The molecule has 0 aromatic heterocycles. The van der Waals surface area contributed by atoms with Gasteiger partial charge in [0, 0.05) is 5.33 Å². The van der Waals surface area contributed by atoms with E-state index in [4.69, 9.17) is 9.47 Å². The van der Waals surface area contributed by atoms with Gasteiger partial charge in [0.25, 0.3) is 0 Å². The van der Waals surface area contributed by atoms with Gasteiger partial charge in [-0.15, -0.1) is 0 Å². The second kappa shape index (κ2) is 7.41. The second-order valence-corrected chi connectivity index (χ2v) is 5.10. The van der Waals surface area contributed by atoms with E-state index >= 15 is 0 Å². The Kier molecular flexibility index (Phi) is 6.19. The summed E-state index contributed by atoms with van der Waals surface area (Å²) in [4.78, 5) is 11.6. The number of hydrogen-bond donors (Lipinski definition) is 0. The molecule has 3 nitrogen and oxygen atoms in total. The smallest absolute Gasteiger partial charge is 0.347 e. The zero-order valence-electron chi connectivity index (χ0n) is 11.0. The summed E-state index contributed by atoms with van der Waals surface area (Å²) >= 11 is 3.39. The molecule has 1 aromatic rings. The van der Waals surface area contributed by atoms with Crippen LogP contribution >= 0.6 is 15.9 Å². The number of carbonyl (C=O) groups is 1. The Hall–Kier alpha value is -1.03. The Morgan fingerprint density at radius 1 is 1.28 bits per heavy atom. The molecule has 1 atom stereocenters. The van der Waals surface area contributed by atoms with Crippen molar-refractivity contribution in [3.05, 3.63) is 29.8 Å². The van der Waals surface area contributed by atoms with Crippen molar-refractivity contribution in [1.82, 2.24) is 0 Å². The molecule has 0 saturated heterocycles. The van der Waals surface area contributed by atoms with Crippen molar-refractivity contribution >= 4 is 21.9 Å². The van der Waals surface area contributed by atoms with Gasteiger partial charge in [0.15, 0.2) is 6.10 Å². The van der Waals surface area contributed by atoms with Gasteiger partial charge in [-0.1, -0.05) is 41.9 Å². The molecule has 0 radical (unpaired) electrons. The minimum absolute atomic E-state index is 0.326. The van der Waals surface area contributed by atoms with Crippen molar-refractivity contribution in [3.8, 4) is 5.75 Å². The average Bonchev–Trinajstić information content (AvgIpc) is 2.37. The lowest BCUT2D eigenvalue weighted by molar-refractivity contribution is -0.149. The first-order valence-corrected chi connectivity index (χ1v) is 7.08. The highest BCUT2D eigenvalue weighted by atomic mass is 79.9. The van der Waals surface area contributed by atoms with Crippen molar-refractivity contribution in [2.75, 3.05) is 7.11 Å². The Bertz CT molecular complexity index is 373. The third kappa shape index (κ3) is 4.69. The maximum absolute atomic E-state index is 11.6. The van der Waals surface area contributed by atoms with Crippen molar-refractivity contribution < 1.29 is 14.3 Å². The van der Waals surface area contributed by atoms with E-state index in [2.05, 4.69) is 15.9 Å². The zero-order chi connectivity index (χ0) is 13.5. The number of benzene rings is 1. The molecule has 0 N–H and O–H groups in total. The van der Waals surface area contributed by atoms with E-state index in [0.717, 1.165) is 5.33 Å². The first-order chi connectivity index (χ1) is 8.56. The van der Waals surface area contributed by atoms with Crippen LogP contribution < -0.4 is 4.74 Å². The standard InChI is InChI=1S/C14H19BrO3/c1-10(2)8-13(14(16)17-3)18-12-6-4-11(9-15)5-7-12/h4-7,10,13H,8-9H2,1-3H3. The molecule has 0 aliphatic heterocycles. The van der Waals surface area contributed by atoms with E-state index in [-0.39, 0.29) is 5.97 Å². The van der Waals surface area contributed by atoms with Crippen molar-refractivity contribution in [3.63, 3.8) is 0 Å². The van der Waals surface area contributed by atoms with Crippen molar-refractivity contribution in [2.24, 2.45) is 5.92 Å². The fraction of sp³-hybridized carbons (Fsp3) is 0.500. The van der Waals surface area contributed by atoms with E-state index in [1.54, 1.807) is 0 Å². The maximum atomic E-state index is 11.6. The first-order valence-electron chi connectivity index (χ1n) is 5.96. The van der Waals surface area contributed by atoms with Gasteiger partial charge in [-0.25, -0.2) is 4.79 Å².